The number of pyridine rings is 1. The number of carbonyl (C=O) groups is 2. The third-order valence-corrected chi connectivity index (χ3v) is 5.23. The first-order valence-corrected chi connectivity index (χ1v) is 9.82. The largest absolute Gasteiger partial charge is 0.361 e. The summed E-state index contributed by atoms with van der Waals surface area (Å²) in [5, 5.41) is 7.03. The van der Waals surface area contributed by atoms with Crippen molar-refractivity contribution in [2.75, 3.05) is 6.54 Å². The van der Waals surface area contributed by atoms with Crippen LogP contribution in [0.1, 0.15) is 39.5 Å². The van der Waals surface area contributed by atoms with Gasteiger partial charge in [-0.15, -0.1) is 0 Å². The molecular formula is C22H21N5O2. The van der Waals surface area contributed by atoms with Crippen molar-refractivity contribution in [1.82, 2.24) is 25.0 Å². The molecule has 0 radical (unpaired) electrons. The van der Waals surface area contributed by atoms with Crippen LogP contribution in [0.15, 0.2) is 54.9 Å². The Balaban J connectivity index is 1.33. The van der Waals surface area contributed by atoms with E-state index in [-0.39, 0.29) is 23.7 Å². The number of nitrogens with one attached hydrogen (secondary N) is 3. The number of carbonyl (C=O) groups excluding carboxylic acids is 2. The van der Waals surface area contributed by atoms with E-state index < -0.39 is 0 Å². The smallest absolute Gasteiger partial charge is 0.287 e. The van der Waals surface area contributed by atoms with Gasteiger partial charge in [-0.2, -0.15) is 0 Å². The fourth-order valence-corrected chi connectivity index (χ4v) is 3.57. The maximum absolute atomic E-state index is 12.8. The predicted molar refractivity (Wildman–Crippen MR) is 110 cm³/mol. The molecule has 7 nitrogen and oxygen atoms in total. The summed E-state index contributed by atoms with van der Waals surface area (Å²) in [4.78, 5) is 32.9. The molecule has 1 saturated carbocycles. The molecule has 7 heteroatoms. The summed E-state index contributed by atoms with van der Waals surface area (Å²) >= 11 is 0. The van der Waals surface area contributed by atoms with E-state index in [0.717, 1.165) is 29.3 Å². The first-order valence-electron chi connectivity index (χ1n) is 9.82. The van der Waals surface area contributed by atoms with Crippen LogP contribution < -0.4 is 10.6 Å². The lowest BCUT2D eigenvalue weighted by atomic mass is 10.1. The minimum Gasteiger partial charge on any atom is -0.361 e. The highest BCUT2D eigenvalue weighted by Crippen LogP contribution is 2.21. The standard InChI is InChI=1S/C22H21N5O2/c28-21(25-15-8-9-15)19-18-7-3-4-12-27(18)20(26-19)22(29)23-11-10-14-13-24-17-6-2-1-5-16(14)17/h1-7,12-13,15,24H,8-11H2,(H,23,29)(H,25,28). The number of rotatable bonds is 6. The molecule has 1 aromatic carbocycles. The van der Waals surface area contributed by atoms with E-state index in [9.17, 15) is 9.59 Å². The van der Waals surface area contributed by atoms with Gasteiger partial charge < -0.3 is 15.6 Å². The Hall–Kier alpha value is -3.61. The summed E-state index contributed by atoms with van der Waals surface area (Å²) in [5.74, 6) is -0.300. The molecule has 1 fully saturated rings. The average Bonchev–Trinajstić information content (AvgIpc) is 3.33. The fraction of sp³-hybridized carbons (Fsp3) is 0.227. The first kappa shape index (κ1) is 17.5. The van der Waals surface area contributed by atoms with Gasteiger partial charge in [0.15, 0.2) is 5.69 Å². The first-order chi connectivity index (χ1) is 14.2. The van der Waals surface area contributed by atoms with Crippen molar-refractivity contribution in [2.45, 2.75) is 25.3 Å². The van der Waals surface area contributed by atoms with E-state index in [4.69, 9.17) is 0 Å². The van der Waals surface area contributed by atoms with E-state index >= 15 is 0 Å². The Labute approximate surface area is 167 Å². The van der Waals surface area contributed by atoms with Gasteiger partial charge in [0.1, 0.15) is 0 Å². The molecule has 1 aliphatic carbocycles. The van der Waals surface area contributed by atoms with Gasteiger partial charge in [0.05, 0.1) is 5.52 Å². The third kappa shape index (κ3) is 3.35. The number of amides is 2. The Kier molecular flexibility index (Phi) is 4.27. The lowest BCUT2D eigenvalue weighted by Crippen LogP contribution is -2.28. The number of aromatic nitrogens is 3. The highest BCUT2D eigenvalue weighted by molar-refractivity contribution is 6.02. The van der Waals surface area contributed by atoms with Crippen molar-refractivity contribution in [3.8, 4) is 0 Å². The van der Waals surface area contributed by atoms with E-state index in [1.54, 1.807) is 16.7 Å². The molecular weight excluding hydrogens is 366 g/mol. The topological polar surface area (TPSA) is 91.3 Å². The van der Waals surface area contributed by atoms with Crippen molar-refractivity contribution in [3.05, 3.63) is 71.9 Å². The van der Waals surface area contributed by atoms with Crippen LogP contribution in [-0.2, 0) is 6.42 Å². The van der Waals surface area contributed by atoms with Gasteiger partial charge in [0.25, 0.3) is 11.8 Å². The fourth-order valence-electron chi connectivity index (χ4n) is 3.57. The van der Waals surface area contributed by atoms with Gasteiger partial charge in [0.2, 0.25) is 5.82 Å². The van der Waals surface area contributed by atoms with Crippen molar-refractivity contribution < 1.29 is 9.59 Å². The molecule has 3 aromatic heterocycles. The summed E-state index contributed by atoms with van der Waals surface area (Å²) in [6, 6.07) is 13.8. The number of H-pyrrole nitrogens is 1. The second-order valence-electron chi connectivity index (χ2n) is 7.35. The Morgan fingerprint density at radius 3 is 2.79 bits per heavy atom. The summed E-state index contributed by atoms with van der Waals surface area (Å²) < 4.78 is 1.67. The Morgan fingerprint density at radius 2 is 1.93 bits per heavy atom. The van der Waals surface area contributed by atoms with E-state index in [2.05, 4.69) is 26.7 Å². The maximum atomic E-state index is 12.8. The highest BCUT2D eigenvalue weighted by Gasteiger charge is 2.27. The van der Waals surface area contributed by atoms with Crippen molar-refractivity contribution in [3.63, 3.8) is 0 Å². The van der Waals surface area contributed by atoms with Gasteiger partial charge in [-0.05, 0) is 43.0 Å². The van der Waals surface area contributed by atoms with E-state index in [1.165, 1.54) is 0 Å². The van der Waals surface area contributed by atoms with Crippen LogP contribution in [0, 0.1) is 0 Å². The quantitative estimate of drug-likeness (QED) is 0.475. The lowest BCUT2D eigenvalue weighted by Gasteiger charge is -2.04. The van der Waals surface area contributed by atoms with Crippen LogP contribution in [0.2, 0.25) is 0 Å². The van der Waals surface area contributed by atoms with Gasteiger partial charge in [-0.1, -0.05) is 24.3 Å². The van der Waals surface area contributed by atoms with Crippen molar-refractivity contribution >= 4 is 28.2 Å². The highest BCUT2D eigenvalue weighted by atomic mass is 16.2. The predicted octanol–water partition coefficient (Wildman–Crippen LogP) is 2.68. The molecule has 1 aliphatic rings. The molecule has 2 amide bonds. The van der Waals surface area contributed by atoms with Gasteiger partial charge >= 0.3 is 0 Å². The number of para-hydroxylation sites is 1. The lowest BCUT2D eigenvalue weighted by molar-refractivity contribution is 0.0943. The number of benzene rings is 1. The number of hydrogen-bond acceptors (Lipinski definition) is 3. The van der Waals surface area contributed by atoms with Gasteiger partial charge in [-0.3, -0.25) is 14.0 Å². The second kappa shape index (κ2) is 7.09. The summed E-state index contributed by atoms with van der Waals surface area (Å²) in [7, 11) is 0. The molecule has 0 bridgehead atoms. The molecule has 0 saturated heterocycles. The number of nitrogens with zero attached hydrogens (tertiary/aromatic N) is 2. The van der Waals surface area contributed by atoms with Gasteiger partial charge in [-0.25, -0.2) is 4.98 Å². The number of hydrogen-bond donors (Lipinski definition) is 3. The van der Waals surface area contributed by atoms with Crippen LogP contribution in [0.5, 0.6) is 0 Å². The average molecular weight is 387 g/mol. The number of aromatic amines is 1. The molecule has 3 N–H and O–H groups in total. The molecule has 3 heterocycles. The molecule has 4 aromatic rings. The number of fused-ring (bicyclic) bond motifs is 2. The van der Waals surface area contributed by atoms with Crippen LogP contribution in [-0.4, -0.2) is 38.8 Å². The van der Waals surface area contributed by atoms with Crippen LogP contribution >= 0.6 is 0 Å². The van der Waals surface area contributed by atoms with Crippen LogP contribution in [0.25, 0.3) is 16.4 Å². The number of imidazole rings is 1. The SMILES string of the molecule is O=C(NC1CC1)c1nc(C(=O)NCCc2c[nH]c3ccccc23)n2ccccc12. The third-order valence-electron chi connectivity index (χ3n) is 5.23. The molecule has 5 rings (SSSR count). The summed E-state index contributed by atoms with van der Waals surface area (Å²) in [5.41, 5.74) is 3.16. The molecule has 0 atom stereocenters. The summed E-state index contributed by atoms with van der Waals surface area (Å²) in [6.07, 6.45) is 6.43. The summed E-state index contributed by atoms with van der Waals surface area (Å²) in [6.45, 7) is 0.478. The normalized spacial score (nSPS) is 13.7. The molecule has 0 aliphatic heterocycles. The molecule has 0 unspecified atom stereocenters. The molecule has 29 heavy (non-hydrogen) atoms. The molecule has 0 spiro atoms. The Bertz CT molecular complexity index is 1220. The minimum absolute atomic E-state index is 0.223. The second-order valence-corrected chi connectivity index (χ2v) is 7.35. The van der Waals surface area contributed by atoms with Gasteiger partial charge in [0, 0.05) is 35.9 Å². The van der Waals surface area contributed by atoms with Crippen LogP contribution in [0.3, 0.4) is 0 Å². The van der Waals surface area contributed by atoms with E-state index in [0.29, 0.717) is 24.2 Å². The zero-order valence-corrected chi connectivity index (χ0v) is 15.8. The Morgan fingerprint density at radius 1 is 1.10 bits per heavy atom. The zero-order chi connectivity index (χ0) is 19.8. The van der Waals surface area contributed by atoms with E-state index in [1.807, 2.05) is 36.5 Å². The van der Waals surface area contributed by atoms with Crippen molar-refractivity contribution in [2.24, 2.45) is 0 Å². The maximum Gasteiger partial charge on any atom is 0.287 e. The molecule has 146 valence electrons. The van der Waals surface area contributed by atoms with Crippen molar-refractivity contribution in [1.29, 1.82) is 0 Å². The monoisotopic (exact) mass is 387 g/mol. The zero-order valence-electron chi connectivity index (χ0n) is 15.8. The van der Waals surface area contributed by atoms with Crippen LogP contribution in [0.4, 0.5) is 0 Å². The minimum atomic E-state index is -0.295.